The van der Waals surface area contributed by atoms with E-state index in [1.807, 2.05) is 20.8 Å². The molecule has 1 aliphatic carbocycles. The van der Waals surface area contributed by atoms with Crippen LogP contribution in [0.5, 0.6) is 5.75 Å². The molecule has 0 unspecified atom stereocenters. The summed E-state index contributed by atoms with van der Waals surface area (Å²) in [6.07, 6.45) is 2.22. The summed E-state index contributed by atoms with van der Waals surface area (Å²) in [4.78, 5) is 27.8. The number of alkyl carbamates (subject to hydrolysis) is 1. The molecule has 5 rings (SSSR count). The second kappa shape index (κ2) is 12.0. The van der Waals surface area contributed by atoms with E-state index in [-0.39, 0.29) is 35.7 Å². The lowest BCUT2D eigenvalue weighted by atomic mass is 9.97. The molecule has 1 atom stereocenters. The van der Waals surface area contributed by atoms with Gasteiger partial charge >= 0.3 is 6.09 Å². The number of nitrogens with one attached hydrogen (secondary N) is 1. The van der Waals surface area contributed by atoms with E-state index in [1.165, 1.54) is 0 Å². The summed E-state index contributed by atoms with van der Waals surface area (Å²) < 4.78 is 64.3. The average molecular weight is 629 g/mol. The molecule has 1 saturated carbocycles. The summed E-state index contributed by atoms with van der Waals surface area (Å²) in [5.74, 6) is -4.85. The van der Waals surface area contributed by atoms with Crippen molar-refractivity contribution < 1.29 is 36.7 Å². The van der Waals surface area contributed by atoms with Gasteiger partial charge in [-0.05, 0) is 76.3 Å². The molecule has 0 radical (unpaired) electrons. The SMILES string of the molecule is CC(C)(C)OC(=O)N[C@H]1CC(F)(F)c2cc(F)c(-c3nnc(C(C)(C)C)o3)cc2N(Cc2ccc(OC3CCCC3)cc2)C1=O. The number of carbonyl (C=O) groups excluding carboxylic acids is 2. The van der Waals surface area contributed by atoms with Gasteiger partial charge in [-0.3, -0.25) is 4.79 Å². The summed E-state index contributed by atoms with van der Waals surface area (Å²) in [7, 11) is 0. The molecule has 1 fully saturated rings. The van der Waals surface area contributed by atoms with Gasteiger partial charge in [0.2, 0.25) is 11.8 Å². The molecule has 3 aromatic rings. The van der Waals surface area contributed by atoms with Crippen LogP contribution in [0.2, 0.25) is 0 Å². The first-order valence-corrected chi connectivity index (χ1v) is 15.1. The number of hydrogen-bond acceptors (Lipinski definition) is 7. The normalized spacial score (nSPS) is 18.8. The van der Waals surface area contributed by atoms with Crippen LogP contribution in [0.4, 0.5) is 23.7 Å². The number of carbonyl (C=O) groups is 2. The van der Waals surface area contributed by atoms with Crippen LogP contribution < -0.4 is 15.0 Å². The summed E-state index contributed by atoms with van der Waals surface area (Å²) >= 11 is 0. The highest BCUT2D eigenvalue weighted by atomic mass is 19.3. The molecule has 0 saturated heterocycles. The number of hydrogen-bond donors (Lipinski definition) is 1. The predicted molar refractivity (Wildman–Crippen MR) is 161 cm³/mol. The maximum Gasteiger partial charge on any atom is 0.408 e. The van der Waals surface area contributed by atoms with Crippen LogP contribution >= 0.6 is 0 Å². The third-order valence-corrected chi connectivity index (χ3v) is 7.65. The Morgan fingerprint density at radius 3 is 2.33 bits per heavy atom. The second-order valence-electron chi connectivity index (χ2n) is 13.7. The van der Waals surface area contributed by atoms with E-state index in [0.29, 0.717) is 17.4 Å². The number of rotatable bonds is 6. The first-order chi connectivity index (χ1) is 21.0. The largest absolute Gasteiger partial charge is 0.490 e. The van der Waals surface area contributed by atoms with Crippen molar-refractivity contribution in [2.45, 2.75) is 109 Å². The van der Waals surface area contributed by atoms with Gasteiger partial charge in [-0.1, -0.05) is 32.9 Å². The van der Waals surface area contributed by atoms with Crippen LogP contribution in [0.15, 0.2) is 40.8 Å². The van der Waals surface area contributed by atoms with Gasteiger partial charge in [0.15, 0.2) is 0 Å². The lowest BCUT2D eigenvalue weighted by molar-refractivity contribution is -0.123. The van der Waals surface area contributed by atoms with Crippen LogP contribution in [0, 0.1) is 5.82 Å². The molecule has 1 N–H and O–H groups in total. The summed E-state index contributed by atoms with van der Waals surface area (Å²) in [6, 6.07) is 7.18. The fourth-order valence-electron chi connectivity index (χ4n) is 5.42. The number of halogens is 3. The fourth-order valence-corrected chi connectivity index (χ4v) is 5.42. The van der Waals surface area contributed by atoms with Crippen molar-refractivity contribution >= 4 is 17.7 Å². The highest BCUT2D eigenvalue weighted by Gasteiger charge is 2.47. The Bertz CT molecular complexity index is 1550. The van der Waals surface area contributed by atoms with Crippen LogP contribution in [0.25, 0.3) is 11.5 Å². The smallest absolute Gasteiger partial charge is 0.408 e. The topological polar surface area (TPSA) is 107 Å². The molecule has 2 aromatic carbocycles. The van der Waals surface area contributed by atoms with Crippen molar-refractivity contribution in [1.29, 1.82) is 0 Å². The Labute approximate surface area is 260 Å². The van der Waals surface area contributed by atoms with Crippen LogP contribution in [-0.2, 0) is 27.4 Å². The van der Waals surface area contributed by atoms with E-state index in [4.69, 9.17) is 13.9 Å². The molecular weight excluding hydrogens is 589 g/mol. The number of aromatic nitrogens is 2. The Kier molecular flexibility index (Phi) is 8.63. The standard InChI is InChI=1S/C33H39F3N4O5/c1-31(2,3)29-39-38-27(44-29)22-15-26-23(16-24(22)34)33(35,36)17-25(37-30(42)45-32(4,5)6)28(41)40(26)18-19-11-13-21(14-12-19)43-20-9-7-8-10-20/h11-16,20,25H,7-10,17-18H2,1-6H3,(H,37,42)/t25-/m0/s1. The number of nitrogens with zero attached hydrogens (tertiary/aromatic N) is 3. The van der Waals surface area contributed by atoms with E-state index in [9.17, 15) is 9.59 Å². The van der Waals surface area contributed by atoms with Gasteiger partial charge in [0, 0.05) is 17.4 Å². The van der Waals surface area contributed by atoms with Crippen molar-refractivity contribution in [2.75, 3.05) is 4.90 Å². The Morgan fingerprint density at radius 1 is 1.07 bits per heavy atom. The fraction of sp³-hybridized carbons (Fsp3) is 0.515. The van der Waals surface area contributed by atoms with E-state index >= 15 is 13.2 Å². The van der Waals surface area contributed by atoms with Crippen molar-refractivity contribution in [2.24, 2.45) is 0 Å². The van der Waals surface area contributed by atoms with E-state index in [1.54, 1.807) is 45.0 Å². The van der Waals surface area contributed by atoms with Crippen molar-refractivity contribution in [3.8, 4) is 17.2 Å². The quantitative estimate of drug-likeness (QED) is 0.303. The molecule has 45 heavy (non-hydrogen) atoms. The van der Waals surface area contributed by atoms with Gasteiger partial charge in [-0.2, -0.15) is 0 Å². The van der Waals surface area contributed by atoms with Crippen molar-refractivity contribution in [3.05, 3.63) is 59.2 Å². The summed E-state index contributed by atoms with van der Waals surface area (Å²) in [6.45, 7) is 10.2. The molecule has 0 bridgehead atoms. The monoisotopic (exact) mass is 628 g/mol. The Hall–Kier alpha value is -4.09. The van der Waals surface area contributed by atoms with Crippen LogP contribution in [-0.4, -0.2) is 39.9 Å². The third kappa shape index (κ3) is 7.42. The zero-order chi connectivity index (χ0) is 32.7. The van der Waals surface area contributed by atoms with Gasteiger partial charge in [0.05, 0.1) is 23.9 Å². The van der Waals surface area contributed by atoms with Gasteiger partial charge in [0.1, 0.15) is 23.2 Å². The average Bonchev–Trinajstić information content (AvgIpc) is 3.62. The number of ether oxygens (including phenoxy) is 2. The Morgan fingerprint density at radius 2 is 1.73 bits per heavy atom. The molecular formula is C33H39F3N4O5. The number of benzene rings is 2. The van der Waals surface area contributed by atoms with Gasteiger partial charge in [-0.15, -0.1) is 10.2 Å². The molecule has 1 aromatic heterocycles. The van der Waals surface area contributed by atoms with Crippen LogP contribution in [0.1, 0.15) is 90.7 Å². The third-order valence-electron chi connectivity index (χ3n) is 7.65. The highest BCUT2D eigenvalue weighted by Crippen LogP contribution is 2.45. The number of alkyl halides is 2. The zero-order valence-electron chi connectivity index (χ0n) is 26.4. The summed E-state index contributed by atoms with van der Waals surface area (Å²) in [5, 5.41) is 10.3. The Balaban J connectivity index is 1.55. The van der Waals surface area contributed by atoms with E-state index in [2.05, 4.69) is 15.5 Å². The molecule has 9 nitrogen and oxygen atoms in total. The lowest BCUT2D eigenvalue weighted by Gasteiger charge is -2.27. The maximum absolute atomic E-state index is 15.9. The van der Waals surface area contributed by atoms with Crippen molar-refractivity contribution in [1.82, 2.24) is 15.5 Å². The molecule has 12 heteroatoms. The molecule has 242 valence electrons. The predicted octanol–water partition coefficient (Wildman–Crippen LogP) is 7.42. The maximum atomic E-state index is 15.9. The molecule has 2 aliphatic rings. The zero-order valence-corrected chi connectivity index (χ0v) is 26.4. The first kappa shape index (κ1) is 32.3. The molecule has 1 aliphatic heterocycles. The van der Waals surface area contributed by atoms with Crippen LogP contribution in [0.3, 0.4) is 0 Å². The lowest BCUT2D eigenvalue weighted by Crippen LogP contribution is -2.49. The van der Waals surface area contributed by atoms with E-state index in [0.717, 1.165) is 36.6 Å². The van der Waals surface area contributed by atoms with Gasteiger partial charge < -0.3 is 24.1 Å². The minimum atomic E-state index is -3.71. The van der Waals surface area contributed by atoms with Gasteiger partial charge in [-0.25, -0.2) is 18.0 Å². The van der Waals surface area contributed by atoms with Crippen molar-refractivity contribution in [3.63, 3.8) is 0 Å². The number of fused-ring (bicyclic) bond motifs is 1. The molecule has 2 heterocycles. The first-order valence-electron chi connectivity index (χ1n) is 15.1. The minimum Gasteiger partial charge on any atom is -0.490 e. The van der Waals surface area contributed by atoms with Gasteiger partial charge in [0.25, 0.3) is 11.8 Å². The van der Waals surface area contributed by atoms with E-state index < -0.39 is 52.8 Å². The molecule has 0 spiro atoms. The highest BCUT2D eigenvalue weighted by molar-refractivity contribution is 6.00. The number of anilines is 1. The molecule has 2 amide bonds. The summed E-state index contributed by atoms with van der Waals surface area (Å²) in [5.41, 5.74) is -2.05. The number of amides is 2. The second-order valence-corrected chi connectivity index (χ2v) is 13.7. The minimum absolute atomic E-state index is 0.147.